The van der Waals surface area contributed by atoms with E-state index < -0.39 is 27.4 Å². The Bertz CT molecular complexity index is 1090. The van der Waals surface area contributed by atoms with E-state index >= 15 is 0 Å². The molecule has 2 aromatic rings. The van der Waals surface area contributed by atoms with E-state index in [-0.39, 0.29) is 25.5 Å². The first-order valence-electron chi connectivity index (χ1n) is 9.94. The van der Waals surface area contributed by atoms with Crippen molar-refractivity contribution in [2.45, 2.75) is 32.4 Å². The zero-order valence-electron chi connectivity index (χ0n) is 17.8. The Morgan fingerprint density at radius 2 is 1.84 bits per heavy atom. The van der Waals surface area contributed by atoms with Crippen molar-refractivity contribution in [1.29, 1.82) is 0 Å². The number of halogens is 1. The quantitative estimate of drug-likeness (QED) is 0.735. The number of nitrogens with one attached hydrogen (secondary N) is 1. The number of sulfonamides is 1. The summed E-state index contributed by atoms with van der Waals surface area (Å²) in [5, 5.41) is 2.77. The Labute approximate surface area is 181 Å². The number of piperazine rings is 1. The lowest BCUT2D eigenvalue weighted by Crippen LogP contribution is -2.70. The number of hydrogen-bond acceptors (Lipinski definition) is 4. The van der Waals surface area contributed by atoms with Crippen molar-refractivity contribution >= 4 is 27.5 Å². The van der Waals surface area contributed by atoms with Crippen LogP contribution in [0.5, 0.6) is 0 Å². The largest absolute Gasteiger partial charge is 0.350 e. The van der Waals surface area contributed by atoms with Gasteiger partial charge in [-0.2, -0.15) is 4.31 Å². The molecule has 1 heterocycles. The molecule has 1 saturated heterocycles. The van der Waals surface area contributed by atoms with Crippen molar-refractivity contribution in [1.82, 2.24) is 9.62 Å². The molecule has 9 heteroatoms. The minimum absolute atomic E-state index is 0.116. The van der Waals surface area contributed by atoms with Gasteiger partial charge < -0.3 is 5.32 Å². The predicted molar refractivity (Wildman–Crippen MR) is 116 cm³/mol. The lowest BCUT2D eigenvalue weighted by atomic mass is 9.94. The summed E-state index contributed by atoms with van der Waals surface area (Å²) in [6.07, 6.45) is 1.77. The fourth-order valence-electron chi connectivity index (χ4n) is 3.69. The Balaban J connectivity index is 1.96. The van der Waals surface area contributed by atoms with Gasteiger partial charge in [0.15, 0.2) is 0 Å². The summed E-state index contributed by atoms with van der Waals surface area (Å²) in [5.41, 5.74) is 0.743. The van der Waals surface area contributed by atoms with Gasteiger partial charge >= 0.3 is 0 Å². The van der Waals surface area contributed by atoms with Gasteiger partial charge in [-0.3, -0.25) is 14.5 Å². The number of aryl methyl sites for hydroxylation is 1. The third-order valence-corrected chi connectivity index (χ3v) is 6.64. The number of carbonyl (C=O) groups is 2. The van der Waals surface area contributed by atoms with Crippen LogP contribution in [0.1, 0.15) is 25.0 Å². The van der Waals surface area contributed by atoms with Crippen LogP contribution in [0.25, 0.3) is 0 Å². The first-order valence-corrected chi connectivity index (χ1v) is 11.8. The summed E-state index contributed by atoms with van der Waals surface area (Å²) in [4.78, 5) is 27.8. The van der Waals surface area contributed by atoms with E-state index in [2.05, 4.69) is 5.32 Å². The van der Waals surface area contributed by atoms with Crippen molar-refractivity contribution in [2.75, 3.05) is 24.2 Å². The fourth-order valence-corrected chi connectivity index (χ4v) is 4.52. The SMILES string of the molecule is CCc1cccc(N2C(=O)CN(S(C)(=O)=O)C[C@@]2(C)C(=O)NCc2ccc(F)cc2)c1. The van der Waals surface area contributed by atoms with Crippen molar-refractivity contribution in [3.05, 3.63) is 65.5 Å². The number of anilines is 1. The molecule has 1 fully saturated rings. The summed E-state index contributed by atoms with van der Waals surface area (Å²) in [7, 11) is -3.69. The normalized spacial score (nSPS) is 20.0. The van der Waals surface area contributed by atoms with Gasteiger partial charge in [0.2, 0.25) is 21.8 Å². The monoisotopic (exact) mass is 447 g/mol. The summed E-state index contributed by atoms with van der Waals surface area (Å²) in [6, 6.07) is 13.0. The molecule has 0 bridgehead atoms. The molecule has 1 atom stereocenters. The van der Waals surface area contributed by atoms with E-state index in [1.807, 2.05) is 19.1 Å². The Hall–Kier alpha value is -2.78. The molecule has 31 heavy (non-hydrogen) atoms. The van der Waals surface area contributed by atoms with E-state index in [1.54, 1.807) is 31.2 Å². The Kier molecular flexibility index (Phi) is 6.47. The van der Waals surface area contributed by atoms with Crippen molar-refractivity contribution in [3.63, 3.8) is 0 Å². The molecule has 1 aliphatic heterocycles. The molecule has 2 aromatic carbocycles. The highest BCUT2D eigenvalue weighted by Gasteiger charge is 2.50. The minimum atomic E-state index is -3.69. The molecular formula is C22H26FN3O4S. The zero-order chi connectivity index (χ0) is 22.8. The number of hydrogen-bond donors (Lipinski definition) is 1. The van der Waals surface area contributed by atoms with Crippen molar-refractivity contribution in [2.24, 2.45) is 0 Å². The second-order valence-corrected chi connectivity index (χ2v) is 9.85. The first-order chi connectivity index (χ1) is 14.5. The van der Waals surface area contributed by atoms with Crippen LogP contribution >= 0.6 is 0 Å². The molecule has 1 aliphatic rings. The molecule has 0 unspecified atom stereocenters. The van der Waals surface area contributed by atoms with Gasteiger partial charge in [-0.25, -0.2) is 12.8 Å². The molecule has 0 spiro atoms. The van der Waals surface area contributed by atoms with E-state index in [0.29, 0.717) is 11.3 Å². The molecule has 0 aromatic heterocycles. The maximum Gasteiger partial charge on any atom is 0.247 e. The fraction of sp³-hybridized carbons (Fsp3) is 0.364. The molecule has 0 radical (unpaired) electrons. The highest BCUT2D eigenvalue weighted by atomic mass is 32.2. The second kappa shape index (κ2) is 8.76. The minimum Gasteiger partial charge on any atom is -0.350 e. The third kappa shape index (κ3) is 4.94. The van der Waals surface area contributed by atoms with Crippen LogP contribution in [0, 0.1) is 5.82 Å². The maximum absolute atomic E-state index is 13.3. The standard InChI is InChI=1S/C22H26FN3O4S/c1-4-16-6-5-7-19(12-16)26-20(27)14-25(31(3,29)30)15-22(26,2)21(28)24-13-17-8-10-18(23)11-9-17/h5-12H,4,13-15H2,1-3H3,(H,24,28)/t22-/m0/s1. The number of rotatable bonds is 6. The number of carbonyl (C=O) groups excluding carboxylic acids is 2. The van der Waals surface area contributed by atoms with Crippen LogP contribution in [0.3, 0.4) is 0 Å². The summed E-state index contributed by atoms with van der Waals surface area (Å²) in [5.74, 6) is -1.37. The highest BCUT2D eigenvalue weighted by molar-refractivity contribution is 7.88. The highest BCUT2D eigenvalue weighted by Crippen LogP contribution is 2.31. The average Bonchev–Trinajstić information content (AvgIpc) is 2.72. The van der Waals surface area contributed by atoms with Gasteiger partial charge in [0.05, 0.1) is 12.8 Å². The molecule has 166 valence electrons. The average molecular weight is 448 g/mol. The van der Waals surface area contributed by atoms with E-state index in [0.717, 1.165) is 22.5 Å². The van der Waals surface area contributed by atoms with E-state index in [1.165, 1.54) is 17.0 Å². The molecule has 1 N–H and O–H groups in total. The zero-order valence-corrected chi connectivity index (χ0v) is 18.6. The topological polar surface area (TPSA) is 86.8 Å². The Morgan fingerprint density at radius 1 is 1.16 bits per heavy atom. The van der Waals surface area contributed by atoms with Crippen LogP contribution in [0.15, 0.2) is 48.5 Å². The van der Waals surface area contributed by atoms with Gasteiger partial charge in [-0.1, -0.05) is 31.2 Å². The van der Waals surface area contributed by atoms with E-state index in [9.17, 15) is 22.4 Å². The summed E-state index contributed by atoms with van der Waals surface area (Å²) < 4.78 is 38.5. The number of benzene rings is 2. The van der Waals surface area contributed by atoms with Crippen LogP contribution in [-0.2, 0) is 32.6 Å². The molecule has 0 saturated carbocycles. The van der Waals surface area contributed by atoms with Crippen LogP contribution in [0.4, 0.5) is 10.1 Å². The third-order valence-electron chi connectivity index (χ3n) is 5.44. The smallest absolute Gasteiger partial charge is 0.247 e. The predicted octanol–water partition coefficient (Wildman–Crippen LogP) is 2.07. The van der Waals surface area contributed by atoms with Gasteiger partial charge in [-0.05, 0) is 48.7 Å². The lowest BCUT2D eigenvalue weighted by Gasteiger charge is -2.46. The summed E-state index contributed by atoms with van der Waals surface area (Å²) in [6.45, 7) is 3.14. The molecule has 7 nitrogen and oxygen atoms in total. The molecule has 2 amide bonds. The van der Waals surface area contributed by atoms with Crippen LogP contribution in [-0.4, -0.2) is 49.4 Å². The van der Waals surface area contributed by atoms with Crippen LogP contribution in [0.2, 0.25) is 0 Å². The second-order valence-electron chi connectivity index (χ2n) is 7.87. The van der Waals surface area contributed by atoms with Gasteiger partial charge in [-0.15, -0.1) is 0 Å². The Morgan fingerprint density at radius 3 is 2.45 bits per heavy atom. The van der Waals surface area contributed by atoms with Gasteiger partial charge in [0.25, 0.3) is 0 Å². The lowest BCUT2D eigenvalue weighted by molar-refractivity contribution is -0.133. The van der Waals surface area contributed by atoms with Crippen molar-refractivity contribution in [3.8, 4) is 0 Å². The van der Waals surface area contributed by atoms with Crippen LogP contribution < -0.4 is 10.2 Å². The number of nitrogens with zero attached hydrogens (tertiary/aromatic N) is 2. The van der Waals surface area contributed by atoms with Gasteiger partial charge in [0.1, 0.15) is 11.4 Å². The van der Waals surface area contributed by atoms with Crippen molar-refractivity contribution < 1.29 is 22.4 Å². The summed E-state index contributed by atoms with van der Waals surface area (Å²) >= 11 is 0. The molecule has 3 rings (SSSR count). The first kappa shape index (κ1) is 22.9. The van der Waals surface area contributed by atoms with E-state index in [4.69, 9.17) is 0 Å². The molecule has 0 aliphatic carbocycles. The number of amides is 2. The molecular weight excluding hydrogens is 421 g/mol. The maximum atomic E-state index is 13.3. The van der Waals surface area contributed by atoms with Gasteiger partial charge in [0, 0.05) is 18.8 Å².